The minimum absolute atomic E-state index is 0.335. The lowest BCUT2D eigenvalue weighted by Gasteiger charge is -2.22. The smallest absolute Gasteiger partial charge is 0.115 e. The van der Waals surface area contributed by atoms with E-state index in [-0.39, 0.29) is 0 Å². The Morgan fingerprint density at radius 2 is 1.88 bits per heavy atom. The Balaban J connectivity index is 1.69. The Kier molecular flexibility index (Phi) is 4.19. The minimum atomic E-state index is 0.335. The van der Waals surface area contributed by atoms with Gasteiger partial charge >= 0.3 is 0 Å². The van der Waals surface area contributed by atoms with Gasteiger partial charge in [-0.3, -0.25) is 0 Å². The molecule has 0 bridgehead atoms. The van der Waals surface area contributed by atoms with Gasteiger partial charge in [-0.05, 0) is 56.1 Å². The second kappa shape index (κ2) is 5.87. The molecule has 0 unspecified atom stereocenters. The fourth-order valence-corrected chi connectivity index (χ4v) is 2.12. The van der Waals surface area contributed by atoms with Crippen molar-refractivity contribution in [2.45, 2.75) is 19.4 Å². The molecule has 2 rings (SSSR count). The summed E-state index contributed by atoms with van der Waals surface area (Å²) < 4.78 is 0. The third-order valence-electron chi connectivity index (χ3n) is 3.16. The second-order valence-corrected chi connectivity index (χ2v) is 4.49. The number of phenols is 1. The number of aromatic hydroxyl groups is 1. The van der Waals surface area contributed by atoms with E-state index in [0.29, 0.717) is 5.75 Å². The highest BCUT2D eigenvalue weighted by molar-refractivity contribution is 5.25. The molecule has 0 atom stereocenters. The van der Waals surface area contributed by atoms with E-state index in [2.05, 4.69) is 10.6 Å². The van der Waals surface area contributed by atoms with Gasteiger partial charge in [0.25, 0.3) is 0 Å². The molecule has 1 aromatic carbocycles. The average Bonchev–Trinajstić information content (AvgIpc) is 2.33. The minimum Gasteiger partial charge on any atom is -0.508 e. The van der Waals surface area contributed by atoms with Crippen molar-refractivity contribution in [3.63, 3.8) is 0 Å². The molecule has 3 N–H and O–H groups in total. The van der Waals surface area contributed by atoms with Crippen molar-refractivity contribution in [1.29, 1.82) is 0 Å². The molecule has 1 saturated heterocycles. The first-order valence-electron chi connectivity index (χ1n) is 6.04. The summed E-state index contributed by atoms with van der Waals surface area (Å²) in [6.07, 6.45) is 2.56. The number of benzene rings is 1. The summed E-state index contributed by atoms with van der Waals surface area (Å²) in [5, 5.41) is 16.0. The highest BCUT2D eigenvalue weighted by Gasteiger charge is 2.11. The number of hydrogen-bond donors (Lipinski definition) is 3. The van der Waals surface area contributed by atoms with Gasteiger partial charge in [0.05, 0.1) is 0 Å². The van der Waals surface area contributed by atoms with Crippen LogP contribution in [0.15, 0.2) is 24.3 Å². The van der Waals surface area contributed by atoms with Crippen LogP contribution in [0.5, 0.6) is 5.75 Å². The van der Waals surface area contributed by atoms with Crippen molar-refractivity contribution >= 4 is 0 Å². The summed E-state index contributed by atoms with van der Waals surface area (Å²) in [5.41, 5.74) is 1.23. The molecule has 0 amide bonds. The summed E-state index contributed by atoms with van der Waals surface area (Å²) in [7, 11) is 0. The van der Waals surface area contributed by atoms with E-state index in [1.165, 1.54) is 18.4 Å². The zero-order valence-corrected chi connectivity index (χ0v) is 9.58. The van der Waals surface area contributed by atoms with Crippen LogP contribution in [0.3, 0.4) is 0 Å². The van der Waals surface area contributed by atoms with Gasteiger partial charge in [-0.15, -0.1) is 0 Å². The molecule has 88 valence electrons. The van der Waals surface area contributed by atoms with Crippen molar-refractivity contribution in [3.05, 3.63) is 29.8 Å². The van der Waals surface area contributed by atoms with Crippen LogP contribution in [0.2, 0.25) is 0 Å². The fourth-order valence-electron chi connectivity index (χ4n) is 2.12. The first-order chi connectivity index (χ1) is 7.84. The van der Waals surface area contributed by atoms with Gasteiger partial charge in [-0.2, -0.15) is 0 Å². The Bertz CT molecular complexity index is 304. The summed E-state index contributed by atoms with van der Waals surface area (Å²) in [6, 6.07) is 7.40. The molecule has 16 heavy (non-hydrogen) atoms. The van der Waals surface area contributed by atoms with Gasteiger partial charge < -0.3 is 15.7 Å². The van der Waals surface area contributed by atoms with Gasteiger partial charge in [0.15, 0.2) is 0 Å². The molecule has 3 nitrogen and oxygen atoms in total. The van der Waals surface area contributed by atoms with Crippen LogP contribution in [0.1, 0.15) is 18.4 Å². The third kappa shape index (κ3) is 3.51. The van der Waals surface area contributed by atoms with E-state index < -0.39 is 0 Å². The quantitative estimate of drug-likeness (QED) is 0.720. The van der Waals surface area contributed by atoms with Crippen molar-refractivity contribution < 1.29 is 5.11 Å². The largest absolute Gasteiger partial charge is 0.508 e. The third-order valence-corrected chi connectivity index (χ3v) is 3.16. The summed E-state index contributed by atoms with van der Waals surface area (Å²) in [6.45, 7) is 4.31. The van der Waals surface area contributed by atoms with Crippen molar-refractivity contribution in [1.82, 2.24) is 10.6 Å². The van der Waals surface area contributed by atoms with E-state index >= 15 is 0 Å². The van der Waals surface area contributed by atoms with Gasteiger partial charge in [-0.1, -0.05) is 12.1 Å². The Morgan fingerprint density at radius 3 is 2.56 bits per heavy atom. The topological polar surface area (TPSA) is 44.3 Å². The van der Waals surface area contributed by atoms with E-state index in [9.17, 15) is 0 Å². The van der Waals surface area contributed by atoms with Gasteiger partial charge in [0, 0.05) is 6.54 Å². The van der Waals surface area contributed by atoms with Gasteiger partial charge in [-0.25, -0.2) is 0 Å². The van der Waals surface area contributed by atoms with Crippen molar-refractivity contribution in [2.75, 3.05) is 19.6 Å². The first-order valence-corrected chi connectivity index (χ1v) is 6.04. The standard InChI is InChI=1S/C13H20N2O/c16-13-3-1-11(2-4-13)9-15-10-12-5-7-14-8-6-12/h1-4,12,14-16H,5-10H2. The lowest BCUT2D eigenvalue weighted by molar-refractivity contribution is 0.356. The maximum absolute atomic E-state index is 9.16. The maximum atomic E-state index is 9.16. The van der Waals surface area contributed by atoms with Crippen molar-refractivity contribution in [3.8, 4) is 5.75 Å². The highest BCUT2D eigenvalue weighted by atomic mass is 16.3. The highest BCUT2D eigenvalue weighted by Crippen LogP contribution is 2.11. The summed E-state index contributed by atoms with van der Waals surface area (Å²) in [5.74, 6) is 1.15. The van der Waals surface area contributed by atoms with E-state index in [0.717, 1.165) is 32.1 Å². The van der Waals surface area contributed by atoms with E-state index in [1.807, 2.05) is 12.1 Å². The molecule has 1 heterocycles. The van der Waals surface area contributed by atoms with E-state index in [1.54, 1.807) is 12.1 Å². The molecule has 1 aromatic rings. The van der Waals surface area contributed by atoms with Crippen molar-refractivity contribution in [2.24, 2.45) is 5.92 Å². The second-order valence-electron chi connectivity index (χ2n) is 4.49. The average molecular weight is 220 g/mol. The molecular formula is C13H20N2O. The molecule has 1 aliphatic heterocycles. The SMILES string of the molecule is Oc1ccc(CNCC2CCNCC2)cc1. The number of piperidine rings is 1. The predicted octanol–water partition coefficient (Wildman–Crippen LogP) is 1.48. The normalized spacial score (nSPS) is 17.5. The molecule has 0 radical (unpaired) electrons. The predicted molar refractivity (Wildman–Crippen MR) is 65.4 cm³/mol. The first kappa shape index (κ1) is 11.4. The molecule has 3 heteroatoms. The number of phenolic OH excluding ortho intramolecular Hbond substituents is 1. The van der Waals surface area contributed by atoms with Crippen LogP contribution in [0.25, 0.3) is 0 Å². The van der Waals surface area contributed by atoms with Gasteiger partial charge in [0.1, 0.15) is 5.75 Å². The monoisotopic (exact) mass is 220 g/mol. The van der Waals surface area contributed by atoms with Crippen LogP contribution < -0.4 is 10.6 Å². The molecule has 1 aliphatic rings. The summed E-state index contributed by atoms with van der Waals surface area (Å²) in [4.78, 5) is 0. The lowest BCUT2D eigenvalue weighted by Crippen LogP contribution is -2.33. The Morgan fingerprint density at radius 1 is 1.19 bits per heavy atom. The van der Waals surface area contributed by atoms with Crippen LogP contribution in [0, 0.1) is 5.92 Å². The fraction of sp³-hybridized carbons (Fsp3) is 0.538. The molecular weight excluding hydrogens is 200 g/mol. The molecule has 0 saturated carbocycles. The van der Waals surface area contributed by atoms with Crippen LogP contribution >= 0.6 is 0 Å². The molecule has 0 aromatic heterocycles. The van der Waals surface area contributed by atoms with Crippen LogP contribution in [-0.4, -0.2) is 24.7 Å². The molecule has 1 fully saturated rings. The number of hydrogen-bond acceptors (Lipinski definition) is 3. The van der Waals surface area contributed by atoms with Crippen LogP contribution in [0.4, 0.5) is 0 Å². The maximum Gasteiger partial charge on any atom is 0.115 e. The zero-order valence-electron chi connectivity index (χ0n) is 9.58. The molecule has 0 aliphatic carbocycles. The Hall–Kier alpha value is -1.06. The number of rotatable bonds is 4. The zero-order chi connectivity index (χ0) is 11.2. The summed E-state index contributed by atoms with van der Waals surface area (Å²) >= 11 is 0. The number of nitrogens with one attached hydrogen (secondary N) is 2. The van der Waals surface area contributed by atoms with E-state index in [4.69, 9.17) is 5.11 Å². The lowest BCUT2D eigenvalue weighted by atomic mass is 9.98. The van der Waals surface area contributed by atoms with Crippen LogP contribution in [-0.2, 0) is 6.54 Å². The molecule has 0 spiro atoms. The Labute approximate surface area is 96.9 Å². The van der Waals surface area contributed by atoms with Gasteiger partial charge in [0.2, 0.25) is 0 Å².